The molecule has 0 aromatic heterocycles. The number of ether oxygens (including phenoxy) is 1. The maximum Gasteiger partial charge on any atom is 0.119 e. The minimum absolute atomic E-state index is 0.590. The van der Waals surface area contributed by atoms with Gasteiger partial charge in [0.1, 0.15) is 12.4 Å². The molecule has 1 heterocycles. The van der Waals surface area contributed by atoms with Crippen LogP contribution in [0.5, 0.6) is 5.75 Å². The average Bonchev–Trinajstić information content (AvgIpc) is 2.50. The third-order valence-corrected chi connectivity index (χ3v) is 4.18. The number of benzene rings is 1. The van der Waals surface area contributed by atoms with Crippen LogP contribution in [0.1, 0.15) is 44.6 Å². The molecule has 1 saturated heterocycles. The summed E-state index contributed by atoms with van der Waals surface area (Å²) in [4.78, 5) is 2.61. The topological polar surface area (TPSA) is 38.5 Å². The summed E-state index contributed by atoms with van der Waals surface area (Å²) in [5.41, 5.74) is 6.74. The lowest BCUT2D eigenvalue weighted by atomic mass is 9.98. The zero-order valence-electron chi connectivity index (χ0n) is 12.7. The lowest BCUT2D eigenvalue weighted by molar-refractivity contribution is 0.116. The Morgan fingerprint density at radius 2 is 2.05 bits per heavy atom. The minimum Gasteiger partial charge on any atom is -0.492 e. The van der Waals surface area contributed by atoms with Gasteiger partial charge in [-0.2, -0.15) is 0 Å². The number of rotatable bonds is 7. The van der Waals surface area contributed by atoms with E-state index in [9.17, 15) is 0 Å². The van der Waals surface area contributed by atoms with E-state index in [1.54, 1.807) is 0 Å². The summed E-state index contributed by atoms with van der Waals surface area (Å²) in [6.45, 7) is 5.93. The summed E-state index contributed by atoms with van der Waals surface area (Å²) in [6.07, 6.45) is 6.70. The van der Waals surface area contributed by atoms with E-state index in [1.165, 1.54) is 38.6 Å². The largest absolute Gasteiger partial charge is 0.492 e. The molecule has 1 fully saturated rings. The summed E-state index contributed by atoms with van der Waals surface area (Å²) in [6, 6.07) is 8.88. The third-order valence-electron chi connectivity index (χ3n) is 4.18. The Bertz CT molecular complexity index is 375. The van der Waals surface area contributed by atoms with E-state index in [1.807, 2.05) is 24.3 Å². The fourth-order valence-corrected chi connectivity index (χ4v) is 3.02. The van der Waals surface area contributed by atoms with Crippen molar-refractivity contribution in [1.29, 1.82) is 0 Å². The van der Waals surface area contributed by atoms with Crippen LogP contribution in [0, 0.1) is 0 Å². The summed E-state index contributed by atoms with van der Waals surface area (Å²) in [5, 5.41) is 0. The van der Waals surface area contributed by atoms with Crippen LogP contribution in [0.4, 0.5) is 0 Å². The zero-order valence-corrected chi connectivity index (χ0v) is 12.7. The quantitative estimate of drug-likeness (QED) is 0.831. The lowest BCUT2D eigenvalue weighted by Gasteiger charge is -2.35. The van der Waals surface area contributed by atoms with E-state index < -0.39 is 0 Å². The standard InChI is InChI=1S/C17H28N2O/c1-2-5-16-6-3-4-11-19(16)12-13-20-17-9-7-15(14-18)8-10-17/h7-10,16H,2-6,11-14,18H2,1H3. The highest BCUT2D eigenvalue weighted by Gasteiger charge is 2.20. The Hall–Kier alpha value is -1.06. The predicted molar refractivity (Wildman–Crippen MR) is 83.9 cm³/mol. The van der Waals surface area contributed by atoms with Crippen LogP contribution in [-0.2, 0) is 6.54 Å². The Kier molecular flexibility index (Phi) is 6.34. The monoisotopic (exact) mass is 276 g/mol. The van der Waals surface area contributed by atoms with Gasteiger partial charge < -0.3 is 10.5 Å². The molecule has 2 N–H and O–H groups in total. The first-order valence-corrected chi connectivity index (χ1v) is 7.99. The zero-order chi connectivity index (χ0) is 14.2. The van der Waals surface area contributed by atoms with E-state index in [4.69, 9.17) is 10.5 Å². The van der Waals surface area contributed by atoms with E-state index in [0.717, 1.165) is 30.5 Å². The highest BCUT2D eigenvalue weighted by molar-refractivity contribution is 5.27. The molecule has 0 amide bonds. The molecule has 1 aromatic carbocycles. The van der Waals surface area contributed by atoms with Crippen LogP contribution in [0.15, 0.2) is 24.3 Å². The molecule has 1 aliphatic rings. The van der Waals surface area contributed by atoms with Crippen molar-refractivity contribution in [3.63, 3.8) is 0 Å². The van der Waals surface area contributed by atoms with E-state index in [0.29, 0.717) is 6.54 Å². The summed E-state index contributed by atoms with van der Waals surface area (Å²) >= 11 is 0. The number of nitrogens with two attached hydrogens (primary N) is 1. The summed E-state index contributed by atoms with van der Waals surface area (Å²) in [5.74, 6) is 0.950. The van der Waals surface area contributed by atoms with Crippen molar-refractivity contribution in [1.82, 2.24) is 4.90 Å². The van der Waals surface area contributed by atoms with Gasteiger partial charge in [0.15, 0.2) is 0 Å². The van der Waals surface area contributed by atoms with Gasteiger partial charge in [-0.3, -0.25) is 4.90 Å². The molecule has 1 aromatic rings. The second-order valence-corrected chi connectivity index (χ2v) is 5.67. The number of hydrogen-bond acceptors (Lipinski definition) is 3. The molecule has 20 heavy (non-hydrogen) atoms. The fraction of sp³-hybridized carbons (Fsp3) is 0.647. The van der Waals surface area contributed by atoms with Gasteiger partial charge >= 0.3 is 0 Å². The third kappa shape index (κ3) is 4.50. The first kappa shape index (κ1) is 15.3. The van der Waals surface area contributed by atoms with Crippen molar-refractivity contribution in [3.8, 4) is 5.75 Å². The van der Waals surface area contributed by atoms with Gasteiger partial charge in [-0.05, 0) is 43.5 Å². The normalized spacial score (nSPS) is 20.0. The predicted octanol–water partition coefficient (Wildman–Crippen LogP) is 3.18. The molecule has 1 aliphatic heterocycles. The highest BCUT2D eigenvalue weighted by atomic mass is 16.5. The lowest BCUT2D eigenvalue weighted by Crippen LogP contribution is -2.41. The van der Waals surface area contributed by atoms with Crippen LogP contribution in [0.25, 0.3) is 0 Å². The molecule has 3 heteroatoms. The molecule has 0 saturated carbocycles. The molecular formula is C17H28N2O. The molecule has 2 rings (SSSR count). The van der Waals surface area contributed by atoms with E-state index in [-0.39, 0.29) is 0 Å². The van der Waals surface area contributed by atoms with Gasteiger partial charge in [-0.1, -0.05) is 31.9 Å². The SMILES string of the molecule is CCCC1CCCCN1CCOc1ccc(CN)cc1. The van der Waals surface area contributed by atoms with Gasteiger partial charge in [-0.25, -0.2) is 0 Å². The van der Waals surface area contributed by atoms with Crippen LogP contribution >= 0.6 is 0 Å². The smallest absolute Gasteiger partial charge is 0.119 e. The van der Waals surface area contributed by atoms with Crippen molar-refractivity contribution < 1.29 is 4.74 Å². The Morgan fingerprint density at radius 1 is 1.25 bits per heavy atom. The van der Waals surface area contributed by atoms with Gasteiger partial charge in [0, 0.05) is 19.1 Å². The van der Waals surface area contributed by atoms with Crippen LogP contribution < -0.4 is 10.5 Å². The Balaban J connectivity index is 1.75. The number of piperidine rings is 1. The minimum atomic E-state index is 0.590. The molecule has 1 atom stereocenters. The summed E-state index contributed by atoms with van der Waals surface area (Å²) < 4.78 is 5.85. The second kappa shape index (κ2) is 8.28. The maximum absolute atomic E-state index is 5.85. The number of likely N-dealkylation sites (tertiary alicyclic amines) is 1. The van der Waals surface area contributed by atoms with Crippen molar-refractivity contribution in [3.05, 3.63) is 29.8 Å². The first-order valence-electron chi connectivity index (χ1n) is 7.99. The van der Waals surface area contributed by atoms with Gasteiger partial charge in [-0.15, -0.1) is 0 Å². The van der Waals surface area contributed by atoms with Crippen LogP contribution in [0.2, 0.25) is 0 Å². The highest BCUT2D eigenvalue weighted by Crippen LogP contribution is 2.20. The molecule has 0 radical (unpaired) electrons. The molecular weight excluding hydrogens is 248 g/mol. The molecule has 0 aliphatic carbocycles. The first-order chi connectivity index (χ1) is 9.83. The van der Waals surface area contributed by atoms with E-state index in [2.05, 4.69) is 11.8 Å². The molecule has 1 unspecified atom stereocenters. The van der Waals surface area contributed by atoms with Gasteiger partial charge in [0.25, 0.3) is 0 Å². The average molecular weight is 276 g/mol. The van der Waals surface area contributed by atoms with Crippen molar-refractivity contribution in [2.45, 2.75) is 51.6 Å². The molecule has 0 spiro atoms. The number of hydrogen-bond donors (Lipinski definition) is 1. The van der Waals surface area contributed by atoms with Gasteiger partial charge in [0.2, 0.25) is 0 Å². The second-order valence-electron chi connectivity index (χ2n) is 5.67. The van der Waals surface area contributed by atoms with Crippen molar-refractivity contribution >= 4 is 0 Å². The van der Waals surface area contributed by atoms with E-state index >= 15 is 0 Å². The fourth-order valence-electron chi connectivity index (χ4n) is 3.02. The summed E-state index contributed by atoms with van der Waals surface area (Å²) in [7, 11) is 0. The number of nitrogens with zero attached hydrogens (tertiary/aromatic N) is 1. The van der Waals surface area contributed by atoms with Gasteiger partial charge in [0.05, 0.1) is 0 Å². The van der Waals surface area contributed by atoms with Crippen molar-refractivity contribution in [2.75, 3.05) is 19.7 Å². The maximum atomic E-state index is 5.85. The van der Waals surface area contributed by atoms with Crippen LogP contribution in [0.3, 0.4) is 0 Å². The van der Waals surface area contributed by atoms with Crippen LogP contribution in [-0.4, -0.2) is 30.6 Å². The Labute approximate surface area is 123 Å². The molecule has 3 nitrogen and oxygen atoms in total. The Morgan fingerprint density at radius 3 is 2.75 bits per heavy atom. The molecule has 0 bridgehead atoms. The molecule has 112 valence electrons. The van der Waals surface area contributed by atoms with Crippen molar-refractivity contribution in [2.24, 2.45) is 5.73 Å².